The second-order valence-corrected chi connectivity index (χ2v) is 5.48. The zero-order chi connectivity index (χ0) is 13.7. The van der Waals surface area contributed by atoms with Crippen LogP contribution in [0.1, 0.15) is 50.7 Å². The van der Waals surface area contributed by atoms with Crippen molar-refractivity contribution in [1.29, 1.82) is 0 Å². The summed E-state index contributed by atoms with van der Waals surface area (Å²) in [4.78, 5) is 29.1. The molecule has 20 heavy (non-hydrogen) atoms. The van der Waals surface area contributed by atoms with Crippen LogP contribution in [-0.4, -0.2) is 21.7 Å². The minimum atomic E-state index is -0.195. The maximum atomic E-state index is 12.3. The van der Waals surface area contributed by atoms with Crippen molar-refractivity contribution in [3.05, 3.63) is 58.9 Å². The first-order chi connectivity index (χ1) is 9.74. The number of benzene rings is 1. The number of aromatic amines is 1. The largest absolute Gasteiger partial charge is 0.364 e. The molecule has 1 aliphatic carbocycles. The molecule has 0 saturated heterocycles. The SMILES string of the molecule is O=C1c2ccccc2C(=O)N1Cc1c[nH]c(C2CC2)c1. The normalized spacial score (nSPS) is 17.7. The van der Waals surface area contributed by atoms with Gasteiger partial charge in [0.25, 0.3) is 11.8 Å². The van der Waals surface area contributed by atoms with Crippen molar-refractivity contribution in [2.75, 3.05) is 0 Å². The Hall–Kier alpha value is -2.36. The van der Waals surface area contributed by atoms with Gasteiger partial charge in [-0.15, -0.1) is 0 Å². The first-order valence-electron chi connectivity index (χ1n) is 6.86. The minimum absolute atomic E-state index is 0.195. The number of rotatable bonds is 3. The van der Waals surface area contributed by atoms with Crippen LogP contribution >= 0.6 is 0 Å². The molecule has 0 spiro atoms. The Bertz CT molecular complexity index is 678. The second kappa shape index (κ2) is 4.07. The molecule has 100 valence electrons. The molecule has 4 rings (SSSR count). The molecular formula is C16H14N2O2. The maximum Gasteiger partial charge on any atom is 0.261 e. The molecule has 1 fully saturated rings. The summed E-state index contributed by atoms with van der Waals surface area (Å²) in [6.45, 7) is 0.343. The molecule has 2 aromatic rings. The molecule has 0 unspecified atom stereocenters. The van der Waals surface area contributed by atoms with E-state index in [0.717, 1.165) is 5.56 Å². The van der Waals surface area contributed by atoms with E-state index < -0.39 is 0 Å². The third kappa shape index (κ3) is 1.68. The first kappa shape index (κ1) is 11.5. The van der Waals surface area contributed by atoms with Crippen LogP contribution in [-0.2, 0) is 6.54 Å². The van der Waals surface area contributed by atoms with Crippen molar-refractivity contribution in [2.45, 2.75) is 25.3 Å². The molecular weight excluding hydrogens is 252 g/mol. The van der Waals surface area contributed by atoms with Gasteiger partial charge in [-0.05, 0) is 42.5 Å². The number of H-pyrrole nitrogens is 1. The lowest BCUT2D eigenvalue weighted by Crippen LogP contribution is -2.28. The fourth-order valence-electron chi connectivity index (χ4n) is 2.75. The molecule has 2 heterocycles. The Kier molecular flexibility index (Phi) is 2.33. The number of aromatic nitrogens is 1. The van der Waals surface area contributed by atoms with E-state index in [1.165, 1.54) is 23.4 Å². The van der Waals surface area contributed by atoms with Gasteiger partial charge in [0.1, 0.15) is 0 Å². The van der Waals surface area contributed by atoms with Crippen molar-refractivity contribution in [1.82, 2.24) is 9.88 Å². The van der Waals surface area contributed by atoms with Crippen LogP contribution in [0.15, 0.2) is 36.5 Å². The van der Waals surface area contributed by atoms with Crippen molar-refractivity contribution < 1.29 is 9.59 Å². The van der Waals surface area contributed by atoms with Crippen LogP contribution in [0.25, 0.3) is 0 Å². The zero-order valence-corrected chi connectivity index (χ0v) is 10.9. The van der Waals surface area contributed by atoms with E-state index >= 15 is 0 Å². The number of nitrogens with zero attached hydrogens (tertiary/aromatic N) is 1. The summed E-state index contributed by atoms with van der Waals surface area (Å²) in [6.07, 6.45) is 4.36. The third-order valence-corrected chi connectivity index (χ3v) is 4.00. The molecule has 1 aromatic heterocycles. The number of nitrogens with one attached hydrogen (secondary N) is 1. The summed E-state index contributed by atoms with van der Waals surface area (Å²) in [5, 5.41) is 0. The average molecular weight is 266 g/mol. The first-order valence-corrected chi connectivity index (χ1v) is 6.86. The molecule has 2 amide bonds. The van der Waals surface area contributed by atoms with E-state index in [1.807, 2.05) is 6.20 Å². The number of fused-ring (bicyclic) bond motifs is 1. The van der Waals surface area contributed by atoms with E-state index in [2.05, 4.69) is 11.1 Å². The van der Waals surface area contributed by atoms with Crippen LogP contribution < -0.4 is 0 Å². The van der Waals surface area contributed by atoms with E-state index in [0.29, 0.717) is 23.6 Å². The van der Waals surface area contributed by atoms with Gasteiger partial charge in [-0.1, -0.05) is 12.1 Å². The Morgan fingerprint density at radius 3 is 2.35 bits per heavy atom. The minimum Gasteiger partial charge on any atom is -0.364 e. The van der Waals surface area contributed by atoms with Crippen LogP contribution in [0.2, 0.25) is 0 Å². The summed E-state index contributed by atoms with van der Waals surface area (Å²) in [7, 11) is 0. The van der Waals surface area contributed by atoms with Crippen molar-refractivity contribution in [2.24, 2.45) is 0 Å². The highest BCUT2D eigenvalue weighted by Crippen LogP contribution is 2.39. The lowest BCUT2D eigenvalue weighted by atomic mass is 10.1. The van der Waals surface area contributed by atoms with Gasteiger partial charge in [-0.2, -0.15) is 0 Å². The number of hydrogen-bond donors (Lipinski definition) is 1. The zero-order valence-electron chi connectivity index (χ0n) is 10.9. The summed E-state index contributed by atoms with van der Waals surface area (Å²) in [6, 6.07) is 9.07. The Morgan fingerprint density at radius 2 is 1.75 bits per heavy atom. The average Bonchev–Trinajstić information content (AvgIpc) is 3.18. The van der Waals surface area contributed by atoms with Gasteiger partial charge in [-0.25, -0.2) is 0 Å². The Balaban J connectivity index is 1.60. The fraction of sp³-hybridized carbons (Fsp3) is 0.250. The van der Waals surface area contributed by atoms with Crippen LogP contribution in [0.4, 0.5) is 0 Å². The number of hydrogen-bond acceptors (Lipinski definition) is 2. The second-order valence-electron chi connectivity index (χ2n) is 5.48. The summed E-state index contributed by atoms with van der Waals surface area (Å²) >= 11 is 0. The Labute approximate surface area is 116 Å². The summed E-state index contributed by atoms with van der Waals surface area (Å²) in [5.41, 5.74) is 3.23. The van der Waals surface area contributed by atoms with E-state index in [9.17, 15) is 9.59 Å². The molecule has 1 aromatic carbocycles. The number of carbonyl (C=O) groups is 2. The molecule has 0 atom stereocenters. The molecule has 4 nitrogen and oxygen atoms in total. The highest BCUT2D eigenvalue weighted by Gasteiger charge is 2.35. The van der Waals surface area contributed by atoms with Crippen LogP contribution in [0.3, 0.4) is 0 Å². The summed E-state index contributed by atoms with van der Waals surface area (Å²) < 4.78 is 0. The topological polar surface area (TPSA) is 53.2 Å². The Morgan fingerprint density at radius 1 is 1.10 bits per heavy atom. The van der Waals surface area contributed by atoms with Gasteiger partial charge in [0, 0.05) is 11.9 Å². The van der Waals surface area contributed by atoms with Gasteiger partial charge >= 0.3 is 0 Å². The third-order valence-electron chi connectivity index (χ3n) is 4.00. The standard InChI is InChI=1S/C16H14N2O2/c19-15-12-3-1-2-4-13(12)16(20)18(15)9-10-7-14(17-8-10)11-5-6-11/h1-4,7-8,11,17H,5-6,9H2. The number of amides is 2. The highest BCUT2D eigenvalue weighted by molar-refractivity contribution is 6.21. The van der Waals surface area contributed by atoms with Crippen molar-refractivity contribution >= 4 is 11.8 Å². The van der Waals surface area contributed by atoms with Gasteiger partial charge < -0.3 is 4.98 Å². The lowest BCUT2D eigenvalue weighted by molar-refractivity contribution is 0.0642. The molecule has 0 bridgehead atoms. The number of imide groups is 1. The van der Waals surface area contributed by atoms with E-state index in [-0.39, 0.29) is 11.8 Å². The fourth-order valence-corrected chi connectivity index (χ4v) is 2.75. The number of carbonyl (C=O) groups excluding carboxylic acids is 2. The monoisotopic (exact) mass is 266 g/mol. The van der Waals surface area contributed by atoms with Crippen LogP contribution in [0.5, 0.6) is 0 Å². The molecule has 4 heteroatoms. The van der Waals surface area contributed by atoms with Gasteiger partial charge in [0.2, 0.25) is 0 Å². The van der Waals surface area contributed by atoms with E-state index in [1.54, 1.807) is 24.3 Å². The van der Waals surface area contributed by atoms with E-state index in [4.69, 9.17) is 0 Å². The van der Waals surface area contributed by atoms with Crippen molar-refractivity contribution in [3.63, 3.8) is 0 Å². The molecule has 1 N–H and O–H groups in total. The molecule has 0 radical (unpaired) electrons. The maximum absolute atomic E-state index is 12.3. The predicted molar refractivity (Wildman–Crippen MR) is 73.4 cm³/mol. The summed E-state index contributed by atoms with van der Waals surface area (Å²) in [5.74, 6) is 0.255. The van der Waals surface area contributed by atoms with Gasteiger partial charge in [0.15, 0.2) is 0 Å². The van der Waals surface area contributed by atoms with Crippen LogP contribution in [0, 0.1) is 0 Å². The van der Waals surface area contributed by atoms with Gasteiger partial charge in [0.05, 0.1) is 17.7 Å². The molecule has 1 aliphatic heterocycles. The predicted octanol–water partition coefficient (Wildman–Crippen LogP) is 2.69. The highest BCUT2D eigenvalue weighted by atomic mass is 16.2. The van der Waals surface area contributed by atoms with Gasteiger partial charge in [-0.3, -0.25) is 14.5 Å². The molecule has 1 saturated carbocycles. The molecule has 2 aliphatic rings. The quantitative estimate of drug-likeness (QED) is 0.868. The lowest BCUT2D eigenvalue weighted by Gasteiger charge is -2.12. The van der Waals surface area contributed by atoms with Crippen molar-refractivity contribution in [3.8, 4) is 0 Å². The smallest absolute Gasteiger partial charge is 0.261 e.